The van der Waals surface area contributed by atoms with Gasteiger partial charge in [-0.1, -0.05) is 39.0 Å². The molecule has 0 bridgehead atoms. The second kappa shape index (κ2) is 7.07. The van der Waals surface area contributed by atoms with E-state index in [1.54, 1.807) is 11.9 Å². The van der Waals surface area contributed by atoms with Gasteiger partial charge in [-0.3, -0.25) is 9.59 Å². The molecule has 1 N–H and O–H groups in total. The number of amides is 2. The summed E-state index contributed by atoms with van der Waals surface area (Å²) in [5.41, 5.74) is 0.369. The molecule has 1 atom stereocenters. The number of hydrogen-bond donors (Lipinski definition) is 1. The van der Waals surface area contributed by atoms with Gasteiger partial charge in [-0.2, -0.15) is 0 Å². The van der Waals surface area contributed by atoms with Crippen molar-refractivity contribution in [1.29, 1.82) is 0 Å². The number of hydrogen-bond acceptors (Lipinski definition) is 3. The summed E-state index contributed by atoms with van der Waals surface area (Å²) in [7, 11) is 1.76. The first-order chi connectivity index (χ1) is 11.2. The highest BCUT2D eigenvalue weighted by Gasteiger charge is 2.23. The Hall–Kier alpha value is -2.30. The van der Waals surface area contributed by atoms with Crippen LogP contribution >= 0.6 is 0 Å². The summed E-state index contributed by atoms with van der Waals surface area (Å²) < 4.78 is 5.82. The normalized spacial score (nSPS) is 12.9. The van der Waals surface area contributed by atoms with E-state index in [4.69, 9.17) is 4.42 Å². The predicted molar refractivity (Wildman–Crippen MR) is 94.5 cm³/mol. The summed E-state index contributed by atoms with van der Waals surface area (Å²) in [6, 6.07) is 9.58. The van der Waals surface area contributed by atoms with Crippen molar-refractivity contribution in [3.63, 3.8) is 0 Å². The maximum absolute atomic E-state index is 12.3. The molecule has 0 saturated carbocycles. The minimum Gasteiger partial charge on any atom is -0.459 e. The number of carbonyl (C=O) groups excluding carboxylic acids is 2. The molecule has 0 radical (unpaired) electrons. The van der Waals surface area contributed by atoms with Gasteiger partial charge in [0.25, 0.3) is 0 Å². The van der Waals surface area contributed by atoms with E-state index < -0.39 is 5.41 Å². The van der Waals surface area contributed by atoms with Crippen molar-refractivity contribution < 1.29 is 14.0 Å². The molecule has 1 aromatic carbocycles. The number of fused-ring (bicyclic) bond motifs is 1. The van der Waals surface area contributed by atoms with E-state index in [0.717, 1.165) is 16.7 Å². The quantitative estimate of drug-likeness (QED) is 0.912. The van der Waals surface area contributed by atoms with Gasteiger partial charge in [0.1, 0.15) is 11.3 Å². The van der Waals surface area contributed by atoms with Gasteiger partial charge in [0, 0.05) is 30.8 Å². The minimum atomic E-state index is -0.448. The summed E-state index contributed by atoms with van der Waals surface area (Å²) in [5, 5.41) is 3.82. The van der Waals surface area contributed by atoms with E-state index in [2.05, 4.69) is 5.32 Å². The topological polar surface area (TPSA) is 62.6 Å². The monoisotopic (exact) mass is 330 g/mol. The van der Waals surface area contributed by atoms with E-state index in [9.17, 15) is 9.59 Å². The van der Waals surface area contributed by atoms with E-state index in [1.807, 2.05) is 58.0 Å². The molecule has 130 valence electrons. The predicted octanol–water partition coefficient (Wildman–Crippen LogP) is 3.50. The molecule has 1 aromatic heterocycles. The average molecular weight is 330 g/mol. The zero-order chi connectivity index (χ0) is 17.9. The van der Waals surface area contributed by atoms with Crippen LogP contribution in [0.3, 0.4) is 0 Å². The zero-order valence-corrected chi connectivity index (χ0v) is 15.1. The molecule has 5 heteroatoms. The Morgan fingerprint density at radius 2 is 1.92 bits per heavy atom. The van der Waals surface area contributed by atoms with Crippen LogP contribution in [0.15, 0.2) is 34.7 Å². The Bertz CT molecular complexity index is 695. The first-order valence-electron chi connectivity index (χ1n) is 8.22. The van der Waals surface area contributed by atoms with Crippen molar-refractivity contribution in [3.8, 4) is 0 Å². The molecule has 24 heavy (non-hydrogen) atoms. The number of para-hydroxylation sites is 1. The fourth-order valence-corrected chi connectivity index (χ4v) is 2.34. The molecule has 0 aliphatic rings. The molecule has 0 aliphatic carbocycles. The highest BCUT2D eigenvalue weighted by molar-refractivity contribution is 5.82. The van der Waals surface area contributed by atoms with Gasteiger partial charge in [-0.15, -0.1) is 0 Å². The highest BCUT2D eigenvalue weighted by Crippen LogP contribution is 2.26. The van der Waals surface area contributed by atoms with Crippen molar-refractivity contribution in [1.82, 2.24) is 10.2 Å². The van der Waals surface area contributed by atoms with Crippen LogP contribution in [-0.4, -0.2) is 30.3 Å². The molecule has 1 heterocycles. The summed E-state index contributed by atoms with van der Waals surface area (Å²) >= 11 is 0. The summed E-state index contributed by atoms with van der Waals surface area (Å²) in [6.07, 6.45) is 0.267. The lowest BCUT2D eigenvalue weighted by Gasteiger charge is -2.24. The Morgan fingerprint density at radius 1 is 1.25 bits per heavy atom. The van der Waals surface area contributed by atoms with E-state index in [-0.39, 0.29) is 24.3 Å². The Balaban J connectivity index is 1.93. The fourth-order valence-electron chi connectivity index (χ4n) is 2.34. The van der Waals surface area contributed by atoms with Gasteiger partial charge < -0.3 is 14.6 Å². The van der Waals surface area contributed by atoms with E-state index >= 15 is 0 Å². The van der Waals surface area contributed by atoms with Crippen molar-refractivity contribution in [3.05, 3.63) is 36.1 Å². The third-order valence-corrected chi connectivity index (χ3v) is 4.14. The average Bonchev–Trinajstić information content (AvgIpc) is 2.96. The SMILES string of the molecule is CC(c1cc2ccccc2o1)N(C)C(=O)CCNC(=O)C(C)(C)C. The number of nitrogens with one attached hydrogen (secondary N) is 1. The second-order valence-electron chi connectivity index (χ2n) is 7.12. The number of carbonyl (C=O) groups is 2. The maximum Gasteiger partial charge on any atom is 0.225 e. The van der Waals surface area contributed by atoms with Gasteiger partial charge in [0.2, 0.25) is 11.8 Å². The molecule has 2 rings (SSSR count). The first kappa shape index (κ1) is 18.0. The Morgan fingerprint density at radius 3 is 2.54 bits per heavy atom. The minimum absolute atomic E-state index is 0.0304. The molecule has 1 unspecified atom stereocenters. The summed E-state index contributed by atoms with van der Waals surface area (Å²) in [5.74, 6) is 0.672. The highest BCUT2D eigenvalue weighted by atomic mass is 16.3. The molecule has 0 spiro atoms. The molecule has 0 aliphatic heterocycles. The Labute approximate surface area is 143 Å². The summed E-state index contributed by atoms with van der Waals surface area (Å²) in [4.78, 5) is 25.8. The van der Waals surface area contributed by atoms with Gasteiger partial charge in [-0.05, 0) is 19.1 Å². The van der Waals surface area contributed by atoms with Crippen LogP contribution in [0, 0.1) is 5.41 Å². The van der Waals surface area contributed by atoms with Crippen LogP contribution in [0.5, 0.6) is 0 Å². The molecule has 5 nitrogen and oxygen atoms in total. The smallest absolute Gasteiger partial charge is 0.225 e. The standard InChI is InChI=1S/C19H26N2O3/c1-13(16-12-14-8-6-7-9-15(14)24-16)21(5)17(22)10-11-20-18(23)19(2,3)4/h6-9,12-13H,10-11H2,1-5H3,(H,20,23). The molecule has 2 aromatic rings. The molecule has 2 amide bonds. The van der Waals surface area contributed by atoms with Crippen LogP contribution in [0.1, 0.15) is 45.9 Å². The van der Waals surface area contributed by atoms with Crippen molar-refractivity contribution >= 4 is 22.8 Å². The van der Waals surface area contributed by atoms with Gasteiger partial charge >= 0.3 is 0 Å². The lowest BCUT2D eigenvalue weighted by Crippen LogP contribution is -2.38. The van der Waals surface area contributed by atoms with Crippen LogP contribution in [0.25, 0.3) is 11.0 Å². The third kappa shape index (κ3) is 4.16. The molecular weight excluding hydrogens is 304 g/mol. The zero-order valence-electron chi connectivity index (χ0n) is 15.1. The van der Waals surface area contributed by atoms with E-state index in [0.29, 0.717) is 6.54 Å². The molecule has 0 saturated heterocycles. The van der Waals surface area contributed by atoms with Crippen LogP contribution in [0.4, 0.5) is 0 Å². The van der Waals surface area contributed by atoms with Crippen LogP contribution in [0.2, 0.25) is 0 Å². The van der Waals surface area contributed by atoms with Gasteiger partial charge in [0.05, 0.1) is 6.04 Å². The Kier molecular flexibility index (Phi) is 5.32. The number of furan rings is 1. The number of rotatable bonds is 5. The number of benzene rings is 1. The second-order valence-corrected chi connectivity index (χ2v) is 7.12. The van der Waals surface area contributed by atoms with Crippen molar-refractivity contribution in [2.75, 3.05) is 13.6 Å². The van der Waals surface area contributed by atoms with Crippen molar-refractivity contribution in [2.45, 2.75) is 40.2 Å². The number of nitrogens with zero attached hydrogens (tertiary/aromatic N) is 1. The largest absolute Gasteiger partial charge is 0.459 e. The van der Waals surface area contributed by atoms with Gasteiger partial charge in [-0.25, -0.2) is 0 Å². The van der Waals surface area contributed by atoms with E-state index in [1.165, 1.54) is 0 Å². The third-order valence-electron chi connectivity index (χ3n) is 4.14. The maximum atomic E-state index is 12.3. The lowest BCUT2D eigenvalue weighted by molar-refractivity contribution is -0.132. The molecular formula is C19H26N2O3. The van der Waals surface area contributed by atoms with Gasteiger partial charge in [0.15, 0.2) is 0 Å². The van der Waals surface area contributed by atoms with Crippen molar-refractivity contribution in [2.24, 2.45) is 5.41 Å². The summed E-state index contributed by atoms with van der Waals surface area (Å²) in [6.45, 7) is 7.81. The van der Waals surface area contributed by atoms with Crippen LogP contribution < -0.4 is 5.32 Å². The molecule has 0 fully saturated rings. The van der Waals surface area contributed by atoms with Crippen LogP contribution in [-0.2, 0) is 9.59 Å². The first-order valence-corrected chi connectivity index (χ1v) is 8.22. The fraction of sp³-hybridized carbons (Fsp3) is 0.474. The lowest BCUT2D eigenvalue weighted by atomic mass is 9.96.